The molecule has 5 fully saturated rings. The highest BCUT2D eigenvalue weighted by atomic mass is 28.4. The minimum Gasteiger partial charge on any atom is -0.418 e. The molecular weight excluding hydrogens is 677 g/mol. The van der Waals surface area contributed by atoms with Gasteiger partial charge < -0.3 is 21.7 Å². The van der Waals surface area contributed by atoms with Gasteiger partial charge in [0.1, 0.15) is 13.6 Å². The van der Waals surface area contributed by atoms with Gasteiger partial charge in [0.2, 0.25) is 0 Å². The Bertz CT molecular complexity index is 1480. The highest BCUT2D eigenvalue weighted by Gasteiger charge is 2.86. The van der Waals surface area contributed by atoms with E-state index in [4.69, 9.17) is 9.26 Å². The Morgan fingerprint density at radius 2 is 1.42 bits per heavy atom. The highest BCUT2D eigenvalue weighted by molar-refractivity contribution is 6.99. The van der Waals surface area contributed by atoms with E-state index in [0.29, 0.717) is 5.41 Å². The quantitative estimate of drug-likeness (QED) is 0.110. The molecule has 10 atom stereocenters. The summed E-state index contributed by atoms with van der Waals surface area (Å²) in [6.07, 6.45) is 13.5. The number of benzene rings is 2. The van der Waals surface area contributed by atoms with Gasteiger partial charge in [-0.1, -0.05) is 135 Å². The molecule has 5 aliphatic rings. The molecule has 0 N–H and O–H groups in total. The fourth-order valence-corrected chi connectivity index (χ4v) is 17.7. The third-order valence-electron chi connectivity index (χ3n) is 15.2. The summed E-state index contributed by atoms with van der Waals surface area (Å²) in [4.78, 5) is 7.20. The molecule has 3 nitrogen and oxygen atoms in total. The van der Waals surface area contributed by atoms with Crippen LogP contribution >= 0.6 is 0 Å². The Morgan fingerprint density at radius 1 is 0.846 bits per heavy atom. The van der Waals surface area contributed by atoms with Crippen molar-refractivity contribution < 1.29 is 31.2 Å². The molecular formula is C43H66BF4NO2Si. The van der Waals surface area contributed by atoms with Crippen molar-refractivity contribution in [2.45, 2.75) is 136 Å². The lowest BCUT2D eigenvalue weighted by atomic mass is 9.47. The van der Waals surface area contributed by atoms with Crippen molar-refractivity contribution in [3.8, 4) is 0 Å². The average Bonchev–Trinajstić information content (AvgIpc) is 3.49. The van der Waals surface area contributed by atoms with E-state index in [9.17, 15) is 17.3 Å². The summed E-state index contributed by atoms with van der Waals surface area (Å²) in [6.45, 7) is 21.2. The van der Waals surface area contributed by atoms with E-state index in [1.807, 2.05) is 0 Å². The van der Waals surface area contributed by atoms with E-state index in [-0.39, 0.29) is 22.3 Å². The van der Waals surface area contributed by atoms with Crippen LogP contribution in [0.2, 0.25) is 5.04 Å². The first kappa shape index (κ1) is 40.0. The normalized spacial score (nSPS) is 37.5. The van der Waals surface area contributed by atoms with Crippen LogP contribution in [0.25, 0.3) is 0 Å². The average molecular weight is 744 g/mol. The summed E-state index contributed by atoms with van der Waals surface area (Å²) in [5, 5.41) is 2.78. The molecule has 2 aromatic carbocycles. The second-order valence-electron chi connectivity index (χ2n) is 19.6. The molecule has 52 heavy (non-hydrogen) atoms. The van der Waals surface area contributed by atoms with Crippen LogP contribution in [0.15, 0.2) is 60.7 Å². The van der Waals surface area contributed by atoms with Gasteiger partial charge in [0.15, 0.2) is 0 Å². The maximum Gasteiger partial charge on any atom is 0.673 e. The van der Waals surface area contributed by atoms with Gasteiger partial charge in [-0.3, -0.25) is 0 Å². The molecule has 2 aromatic rings. The van der Waals surface area contributed by atoms with Crippen molar-refractivity contribution in [2.24, 2.45) is 46.3 Å². The molecule has 3 aliphatic carbocycles. The molecule has 3 saturated carbocycles. The largest absolute Gasteiger partial charge is 0.673 e. The Kier molecular flexibility index (Phi) is 10.9. The smallest absolute Gasteiger partial charge is 0.418 e. The van der Waals surface area contributed by atoms with Crippen LogP contribution in [-0.2, 0) is 9.26 Å². The number of nitrogens with zero attached hydrogens (tertiary/aromatic N) is 1. The lowest BCUT2D eigenvalue weighted by molar-refractivity contribution is -0.924. The number of quaternary nitrogens is 1. The molecule has 0 amide bonds. The van der Waals surface area contributed by atoms with Crippen LogP contribution in [0.3, 0.4) is 0 Å². The van der Waals surface area contributed by atoms with Crippen molar-refractivity contribution in [1.82, 2.24) is 0 Å². The maximum absolute atomic E-state index is 9.75. The minimum atomic E-state index is -6.00. The summed E-state index contributed by atoms with van der Waals surface area (Å²) in [6, 6.07) is 22.5. The topological polar surface area (TPSA) is 21.8 Å². The van der Waals surface area contributed by atoms with E-state index >= 15 is 0 Å². The number of halogens is 4. The van der Waals surface area contributed by atoms with Gasteiger partial charge in [-0.05, 0) is 88.9 Å². The Balaban J connectivity index is 0.000000870. The molecule has 0 aromatic heterocycles. The van der Waals surface area contributed by atoms with Crippen LogP contribution in [0.4, 0.5) is 17.3 Å². The summed E-state index contributed by atoms with van der Waals surface area (Å²) in [5.74, 6) is 5.01. The zero-order valence-electron chi connectivity index (χ0n) is 33.4. The van der Waals surface area contributed by atoms with Crippen molar-refractivity contribution in [2.75, 3.05) is 13.6 Å². The number of hydrogen-bond acceptors (Lipinski definition) is 2. The van der Waals surface area contributed by atoms with E-state index in [1.54, 1.807) is 0 Å². The van der Waals surface area contributed by atoms with Crippen molar-refractivity contribution in [3.63, 3.8) is 0 Å². The van der Waals surface area contributed by atoms with Gasteiger partial charge in [0.25, 0.3) is 14.0 Å². The van der Waals surface area contributed by atoms with E-state index in [1.165, 1.54) is 68.3 Å². The van der Waals surface area contributed by atoms with Crippen molar-refractivity contribution in [3.05, 3.63) is 60.7 Å². The van der Waals surface area contributed by atoms with Gasteiger partial charge in [0, 0.05) is 5.92 Å². The van der Waals surface area contributed by atoms with Crippen LogP contribution in [0.1, 0.15) is 120 Å². The van der Waals surface area contributed by atoms with Gasteiger partial charge in [-0.25, -0.2) is 0 Å². The Morgan fingerprint density at radius 3 is 1.96 bits per heavy atom. The predicted molar refractivity (Wildman–Crippen MR) is 208 cm³/mol. The number of piperidine rings is 1. The van der Waals surface area contributed by atoms with E-state index in [2.05, 4.69) is 123 Å². The Labute approximate surface area is 313 Å². The molecule has 2 heterocycles. The molecule has 0 bridgehead atoms. The maximum atomic E-state index is 9.75. The van der Waals surface area contributed by atoms with Crippen molar-refractivity contribution in [1.29, 1.82) is 0 Å². The first-order valence-corrected chi connectivity index (χ1v) is 22.3. The number of rotatable bonds is 9. The second kappa shape index (κ2) is 14.1. The summed E-state index contributed by atoms with van der Waals surface area (Å²) in [5.41, 5.74) is 0.629. The number of fused-ring (bicyclic) bond motifs is 4. The molecule has 0 radical (unpaired) electrons. The van der Waals surface area contributed by atoms with Gasteiger partial charge in [-0.15, -0.1) is 9.48 Å². The summed E-state index contributed by atoms with van der Waals surface area (Å²) >= 11 is 0. The van der Waals surface area contributed by atoms with Gasteiger partial charge >= 0.3 is 7.25 Å². The first-order valence-electron chi connectivity index (χ1n) is 20.4. The number of hydrogen-bond donors (Lipinski definition) is 0. The third-order valence-corrected chi connectivity index (χ3v) is 20.3. The van der Waals surface area contributed by atoms with Crippen molar-refractivity contribution >= 4 is 25.9 Å². The molecule has 290 valence electrons. The van der Waals surface area contributed by atoms with E-state index < -0.39 is 15.6 Å². The SMILES string of the molecule is CC(C)CCC[C@@H](C)[C@H]1CCC2C3C[N@@+]4(C)O[C@]45C[C@@H](O[Si](c4ccccc4)(c4ccccc4)C(C)(C)C)CC[C@]5(C)C3CC[C@@]21C.F[B-](F)(F)F. The van der Waals surface area contributed by atoms with Crippen LogP contribution in [0.5, 0.6) is 0 Å². The Hall–Kier alpha value is -1.68. The zero-order chi connectivity index (χ0) is 38.0. The minimum absolute atomic E-state index is 0.00683. The van der Waals surface area contributed by atoms with E-state index in [0.717, 1.165) is 53.0 Å². The predicted octanol–water partition coefficient (Wildman–Crippen LogP) is 11.0. The molecule has 9 heteroatoms. The second-order valence-corrected chi connectivity index (χ2v) is 23.9. The van der Waals surface area contributed by atoms with Gasteiger partial charge in [-0.2, -0.15) is 0 Å². The lowest BCUT2D eigenvalue weighted by Crippen LogP contribution is -2.69. The third kappa shape index (κ3) is 6.89. The molecule has 2 saturated heterocycles. The fourth-order valence-electron chi connectivity index (χ4n) is 12.9. The zero-order valence-corrected chi connectivity index (χ0v) is 34.4. The van der Waals surface area contributed by atoms with Gasteiger partial charge in [0.05, 0.1) is 17.9 Å². The standard InChI is InChI=1S/C43H66NO2Si.BF4/c1-31(2)17-16-18-32(3)37-23-24-38-36-30-44(9)43(46-44)29-33(25-28-42(43,8)39(36)26-27-41(37,38)7)45-47(40(4,5)6,34-19-12-10-13-20-34)35-21-14-11-15-22-35;2-1(3,4)5/h10-15,19-22,31-33,36-39H,16-18,23-30H2,1-9H3;/q+1;-1/t32-,33+,36?,37-,38?,39?,41-,42-,43+,44-;/m1./s1. The van der Waals surface area contributed by atoms with Crippen LogP contribution in [-0.4, -0.2) is 45.6 Å². The fraction of sp³-hybridized carbons (Fsp3) is 0.721. The monoisotopic (exact) mass is 743 g/mol. The lowest BCUT2D eigenvalue weighted by Gasteiger charge is -2.58. The molecule has 1 spiro atoms. The first-order chi connectivity index (χ1) is 24.2. The van der Waals surface area contributed by atoms with Crippen LogP contribution in [0, 0.1) is 46.3 Å². The molecule has 3 unspecified atom stereocenters. The van der Waals surface area contributed by atoms with Crippen LogP contribution < -0.4 is 10.4 Å². The summed E-state index contributed by atoms with van der Waals surface area (Å²) < 4.78 is 47.6. The highest BCUT2D eigenvalue weighted by Crippen LogP contribution is 2.75. The number of hydroxylamine groups is 3. The summed E-state index contributed by atoms with van der Waals surface area (Å²) in [7, 11) is -6.16. The molecule has 7 rings (SSSR count). The molecule has 2 aliphatic heterocycles.